The molecule has 0 spiro atoms. The van der Waals surface area contributed by atoms with Crippen LogP contribution in [-0.4, -0.2) is 18.5 Å². The normalized spacial score (nSPS) is 21.4. The van der Waals surface area contributed by atoms with E-state index >= 15 is 0 Å². The molecular weight excluding hydrogens is 218 g/mol. The minimum atomic E-state index is 0.522. The molecule has 14 heavy (non-hydrogen) atoms. The lowest BCUT2D eigenvalue weighted by atomic mass is 10.3. The molecule has 0 saturated carbocycles. The summed E-state index contributed by atoms with van der Waals surface area (Å²) < 4.78 is 5.30. The second kappa shape index (κ2) is 4.43. The summed E-state index contributed by atoms with van der Waals surface area (Å²) in [5.74, 6) is 0. The lowest BCUT2D eigenvalue weighted by Gasteiger charge is -2.09. The quantitative estimate of drug-likeness (QED) is 0.793. The van der Waals surface area contributed by atoms with Crippen molar-refractivity contribution in [2.24, 2.45) is 0 Å². The van der Waals surface area contributed by atoms with Crippen LogP contribution in [0.4, 0.5) is 5.69 Å². The van der Waals surface area contributed by atoms with Crippen molar-refractivity contribution in [3.63, 3.8) is 0 Å². The van der Waals surface area contributed by atoms with Crippen LogP contribution in [0.3, 0.4) is 0 Å². The van der Waals surface area contributed by atoms with Gasteiger partial charge in [-0.05, 0) is 24.6 Å². The van der Waals surface area contributed by atoms with Crippen molar-refractivity contribution in [2.75, 3.05) is 18.9 Å². The molecule has 2 N–H and O–H groups in total. The molecule has 1 fully saturated rings. The first-order chi connectivity index (χ1) is 6.75. The minimum Gasteiger partial charge on any atom is -0.399 e. The van der Waals surface area contributed by atoms with E-state index in [9.17, 15) is 0 Å². The van der Waals surface area contributed by atoms with Gasteiger partial charge in [-0.25, -0.2) is 0 Å². The monoisotopic (exact) mass is 229 g/mol. The van der Waals surface area contributed by atoms with Crippen LogP contribution in [-0.2, 0) is 4.74 Å². The average molecular weight is 230 g/mol. The summed E-state index contributed by atoms with van der Waals surface area (Å²) in [4.78, 5) is 1.06. The number of thioether (sulfide) groups is 1. The number of anilines is 1. The van der Waals surface area contributed by atoms with Gasteiger partial charge in [-0.15, -0.1) is 11.8 Å². The molecule has 4 heteroatoms. The van der Waals surface area contributed by atoms with Gasteiger partial charge in [0.2, 0.25) is 0 Å². The second-order valence-electron chi connectivity index (χ2n) is 3.29. The van der Waals surface area contributed by atoms with Crippen LogP contribution in [0.5, 0.6) is 0 Å². The zero-order valence-corrected chi connectivity index (χ0v) is 9.27. The molecule has 0 aliphatic carbocycles. The summed E-state index contributed by atoms with van der Waals surface area (Å²) in [5.41, 5.74) is 6.46. The van der Waals surface area contributed by atoms with Gasteiger partial charge in [-0.1, -0.05) is 11.6 Å². The Bertz CT molecular complexity index is 326. The number of halogens is 1. The van der Waals surface area contributed by atoms with E-state index in [1.807, 2.05) is 18.2 Å². The van der Waals surface area contributed by atoms with Crippen molar-refractivity contribution in [3.05, 3.63) is 23.2 Å². The summed E-state index contributed by atoms with van der Waals surface area (Å²) in [6.45, 7) is 1.67. The largest absolute Gasteiger partial charge is 0.399 e. The molecule has 1 aliphatic rings. The first-order valence-electron chi connectivity index (χ1n) is 4.55. The van der Waals surface area contributed by atoms with Crippen LogP contribution in [0.2, 0.25) is 5.02 Å². The molecule has 76 valence electrons. The van der Waals surface area contributed by atoms with Crippen LogP contribution in [0.25, 0.3) is 0 Å². The molecule has 1 unspecified atom stereocenters. The zero-order chi connectivity index (χ0) is 9.97. The standard InChI is InChI=1S/C10H12ClNOS/c11-9-2-1-7(12)5-10(9)14-8-3-4-13-6-8/h1-2,5,8H,3-4,6,12H2. The summed E-state index contributed by atoms with van der Waals surface area (Å²) >= 11 is 7.81. The van der Waals surface area contributed by atoms with Gasteiger partial charge in [0.15, 0.2) is 0 Å². The second-order valence-corrected chi connectivity index (χ2v) is 5.04. The average Bonchev–Trinajstić information content (AvgIpc) is 2.64. The first kappa shape index (κ1) is 10.1. The highest BCUT2D eigenvalue weighted by Gasteiger charge is 2.17. The third kappa shape index (κ3) is 2.35. The molecule has 1 heterocycles. The van der Waals surface area contributed by atoms with Crippen molar-refractivity contribution in [1.82, 2.24) is 0 Å². The van der Waals surface area contributed by atoms with E-state index < -0.39 is 0 Å². The predicted molar refractivity (Wildman–Crippen MR) is 60.9 cm³/mol. The lowest BCUT2D eigenvalue weighted by molar-refractivity contribution is 0.199. The topological polar surface area (TPSA) is 35.2 Å². The van der Waals surface area contributed by atoms with E-state index in [0.29, 0.717) is 5.25 Å². The maximum atomic E-state index is 6.06. The van der Waals surface area contributed by atoms with E-state index in [1.165, 1.54) is 0 Å². The van der Waals surface area contributed by atoms with Gasteiger partial charge in [0.05, 0.1) is 11.6 Å². The van der Waals surface area contributed by atoms with Crippen LogP contribution < -0.4 is 5.73 Å². The fourth-order valence-corrected chi connectivity index (χ4v) is 2.77. The van der Waals surface area contributed by atoms with Gasteiger partial charge in [0, 0.05) is 22.4 Å². The first-order valence-corrected chi connectivity index (χ1v) is 5.81. The molecule has 1 aliphatic heterocycles. The van der Waals surface area contributed by atoms with Crippen molar-refractivity contribution < 1.29 is 4.74 Å². The maximum absolute atomic E-state index is 6.06. The zero-order valence-electron chi connectivity index (χ0n) is 7.70. The van der Waals surface area contributed by atoms with E-state index in [2.05, 4.69) is 0 Å². The van der Waals surface area contributed by atoms with Gasteiger partial charge >= 0.3 is 0 Å². The van der Waals surface area contributed by atoms with Crippen LogP contribution in [0.1, 0.15) is 6.42 Å². The summed E-state index contributed by atoms with van der Waals surface area (Å²) in [7, 11) is 0. The Morgan fingerprint density at radius 1 is 1.50 bits per heavy atom. The Morgan fingerprint density at radius 3 is 3.07 bits per heavy atom. The molecule has 1 saturated heterocycles. The highest BCUT2D eigenvalue weighted by atomic mass is 35.5. The third-order valence-electron chi connectivity index (χ3n) is 2.14. The Labute approximate surface area is 92.8 Å². The van der Waals surface area contributed by atoms with E-state index in [0.717, 1.165) is 35.2 Å². The van der Waals surface area contributed by atoms with E-state index in [4.69, 9.17) is 22.1 Å². The van der Waals surface area contributed by atoms with Crippen LogP contribution >= 0.6 is 23.4 Å². The molecular formula is C10H12ClNOS. The van der Waals surface area contributed by atoms with Crippen LogP contribution in [0.15, 0.2) is 23.1 Å². The van der Waals surface area contributed by atoms with Crippen molar-refractivity contribution in [2.45, 2.75) is 16.6 Å². The number of hydrogen-bond acceptors (Lipinski definition) is 3. The fraction of sp³-hybridized carbons (Fsp3) is 0.400. The van der Waals surface area contributed by atoms with Gasteiger partial charge in [-0.3, -0.25) is 0 Å². The maximum Gasteiger partial charge on any atom is 0.0589 e. The summed E-state index contributed by atoms with van der Waals surface area (Å²) in [6, 6.07) is 5.58. The van der Waals surface area contributed by atoms with Crippen molar-refractivity contribution >= 4 is 29.1 Å². The molecule has 2 nitrogen and oxygen atoms in total. The molecule has 0 bridgehead atoms. The van der Waals surface area contributed by atoms with Crippen molar-refractivity contribution in [1.29, 1.82) is 0 Å². The number of benzene rings is 1. The number of hydrogen-bond donors (Lipinski definition) is 1. The van der Waals surface area contributed by atoms with E-state index in [-0.39, 0.29) is 0 Å². The Morgan fingerprint density at radius 2 is 2.36 bits per heavy atom. The molecule has 0 radical (unpaired) electrons. The Kier molecular flexibility index (Phi) is 3.21. The fourth-order valence-electron chi connectivity index (χ4n) is 1.40. The molecule has 0 amide bonds. The Balaban J connectivity index is 2.10. The van der Waals surface area contributed by atoms with Crippen molar-refractivity contribution in [3.8, 4) is 0 Å². The lowest BCUT2D eigenvalue weighted by Crippen LogP contribution is -2.00. The highest BCUT2D eigenvalue weighted by molar-refractivity contribution is 8.00. The molecule has 2 rings (SSSR count). The van der Waals surface area contributed by atoms with Gasteiger partial charge in [0.1, 0.15) is 0 Å². The molecule has 1 atom stereocenters. The predicted octanol–water partition coefficient (Wildman–Crippen LogP) is 2.80. The number of nitrogens with two attached hydrogens (primary N) is 1. The SMILES string of the molecule is Nc1ccc(Cl)c(SC2CCOC2)c1. The smallest absolute Gasteiger partial charge is 0.0589 e. The minimum absolute atomic E-state index is 0.522. The molecule has 0 aromatic heterocycles. The summed E-state index contributed by atoms with van der Waals surface area (Å²) in [6.07, 6.45) is 1.09. The summed E-state index contributed by atoms with van der Waals surface area (Å²) in [5, 5.41) is 1.30. The van der Waals surface area contributed by atoms with Gasteiger partial charge in [0.25, 0.3) is 0 Å². The number of ether oxygens (including phenoxy) is 1. The molecule has 1 aromatic rings. The number of nitrogen functional groups attached to an aromatic ring is 1. The highest BCUT2D eigenvalue weighted by Crippen LogP contribution is 2.34. The third-order valence-corrected chi connectivity index (χ3v) is 3.88. The van der Waals surface area contributed by atoms with Gasteiger partial charge in [-0.2, -0.15) is 0 Å². The van der Waals surface area contributed by atoms with E-state index in [1.54, 1.807) is 11.8 Å². The number of rotatable bonds is 2. The molecule has 1 aromatic carbocycles. The van der Waals surface area contributed by atoms with Gasteiger partial charge < -0.3 is 10.5 Å². The Hall–Kier alpha value is -0.380. The van der Waals surface area contributed by atoms with Crippen LogP contribution in [0, 0.1) is 0 Å².